The van der Waals surface area contributed by atoms with Crippen molar-refractivity contribution in [1.29, 1.82) is 0 Å². The third kappa shape index (κ3) is 3.21. The fraction of sp³-hybridized carbons (Fsp3) is 0.400. The van der Waals surface area contributed by atoms with E-state index < -0.39 is 0 Å². The van der Waals surface area contributed by atoms with E-state index in [0.717, 1.165) is 0 Å². The van der Waals surface area contributed by atoms with Crippen molar-refractivity contribution in [2.24, 2.45) is 10.2 Å². The number of rotatable bonds is 2. The molecule has 0 bridgehead atoms. The highest BCUT2D eigenvalue weighted by Gasteiger charge is 1.76. The van der Waals surface area contributed by atoms with Gasteiger partial charge in [-0.15, -0.1) is 0 Å². The van der Waals surface area contributed by atoms with Gasteiger partial charge in [0, 0.05) is 13.1 Å². The molecule has 0 saturated heterocycles. The first-order valence-electron chi connectivity index (χ1n) is 2.23. The zero-order valence-electron chi connectivity index (χ0n) is 4.96. The molecule has 0 fully saturated rings. The van der Waals surface area contributed by atoms with Gasteiger partial charge in [0.05, 0.1) is 5.70 Å². The lowest BCUT2D eigenvalue weighted by molar-refractivity contribution is -0.104. The standard InChI is InChI=1S/C5H8N2O/c1-5(3-4-8)7-6-2/h3-4H,1-2H3/b5-3+,7-6?. The Labute approximate surface area is 48.1 Å². The molecule has 0 unspecified atom stereocenters. The summed E-state index contributed by atoms with van der Waals surface area (Å²) >= 11 is 0. The van der Waals surface area contributed by atoms with Crippen LogP contribution in [0.5, 0.6) is 0 Å². The van der Waals surface area contributed by atoms with Gasteiger partial charge in [-0.1, -0.05) is 0 Å². The normalized spacial score (nSPS) is 12.5. The third-order valence-electron chi connectivity index (χ3n) is 0.567. The lowest BCUT2D eigenvalue weighted by Gasteiger charge is -1.79. The lowest BCUT2D eigenvalue weighted by Crippen LogP contribution is -1.67. The molecule has 0 atom stereocenters. The smallest absolute Gasteiger partial charge is 0.144 e. The fourth-order valence-corrected chi connectivity index (χ4v) is 0.290. The van der Waals surface area contributed by atoms with E-state index in [9.17, 15) is 4.79 Å². The Bertz CT molecular complexity index is 126. The van der Waals surface area contributed by atoms with Crippen molar-refractivity contribution in [1.82, 2.24) is 0 Å². The van der Waals surface area contributed by atoms with Crippen LogP contribution >= 0.6 is 0 Å². The summed E-state index contributed by atoms with van der Waals surface area (Å²) in [7, 11) is 1.56. The van der Waals surface area contributed by atoms with Crippen LogP contribution in [0.3, 0.4) is 0 Å². The van der Waals surface area contributed by atoms with Crippen LogP contribution in [0.4, 0.5) is 0 Å². The molecule has 44 valence electrons. The van der Waals surface area contributed by atoms with Crippen molar-refractivity contribution in [3.05, 3.63) is 11.8 Å². The van der Waals surface area contributed by atoms with E-state index in [1.165, 1.54) is 6.08 Å². The first kappa shape index (κ1) is 7.01. The second kappa shape index (κ2) is 4.18. The summed E-state index contributed by atoms with van der Waals surface area (Å²) in [6.07, 6.45) is 2.04. The van der Waals surface area contributed by atoms with Crippen molar-refractivity contribution in [3.63, 3.8) is 0 Å². The number of carbonyl (C=O) groups excluding carboxylic acids is 1. The van der Waals surface area contributed by atoms with Gasteiger partial charge in [0.25, 0.3) is 0 Å². The van der Waals surface area contributed by atoms with E-state index in [4.69, 9.17) is 0 Å². The number of hydrogen-bond acceptors (Lipinski definition) is 3. The molecule has 0 N–H and O–H groups in total. The van der Waals surface area contributed by atoms with Crippen LogP contribution < -0.4 is 0 Å². The predicted molar refractivity (Wildman–Crippen MR) is 30.6 cm³/mol. The Morgan fingerprint density at radius 3 is 2.62 bits per heavy atom. The van der Waals surface area contributed by atoms with E-state index in [0.29, 0.717) is 12.0 Å². The minimum Gasteiger partial charge on any atom is -0.298 e. The second-order valence-corrected chi connectivity index (χ2v) is 1.24. The monoisotopic (exact) mass is 112 g/mol. The zero-order valence-corrected chi connectivity index (χ0v) is 4.96. The van der Waals surface area contributed by atoms with Gasteiger partial charge in [-0.05, 0) is 6.92 Å². The van der Waals surface area contributed by atoms with E-state index >= 15 is 0 Å². The first-order chi connectivity index (χ1) is 3.81. The highest BCUT2D eigenvalue weighted by molar-refractivity contribution is 5.65. The van der Waals surface area contributed by atoms with Crippen LogP contribution in [0.25, 0.3) is 0 Å². The molecule has 0 aromatic heterocycles. The molecule has 0 rings (SSSR count). The van der Waals surface area contributed by atoms with Crippen LogP contribution in [-0.4, -0.2) is 13.3 Å². The Balaban J connectivity index is 3.79. The molecule has 0 spiro atoms. The van der Waals surface area contributed by atoms with Gasteiger partial charge < -0.3 is 0 Å². The van der Waals surface area contributed by atoms with Crippen LogP contribution in [0.15, 0.2) is 22.0 Å². The highest BCUT2D eigenvalue weighted by Crippen LogP contribution is 1.90. The summed E-state index contributed by atoms with van der Waals surface area (Å²) in [4.78, 5) is 9.71. The molecule has 0 radical (unpaired) electrons. The minimum atomic E-state index is 0.627. The molecule has 0 aliphatic rings. The molecule has 3 heteroatoms. The number of hydrogen-bond donors (Lipinski definition) is 0. The topological polar surface area (TPSA) is 41.8 Å². The van der Waals surface area contributed by atoms with Crippen LogP contribution in [-0.2, 0) is 4.79 Å². The number of allylic oxidation sites excluding steroid dienone is 2. The zero-order chi connectivity index (χ0) is 6.41. The van der Waals surface area contributed by atoms with Crippen LogP contribution in [0.2, 0.25) is 0 Å². The Morgan fingerprint density at radius 1 is 1.62 bits per heavy atom. The van der Waals surface area contributed by atoms with E-state index in [1.54, 1.807) is 14.0 Å². The lowest BCUT2D eigenvalue weighted by atomic mass is 10.5. The fourth-order valence-electron chi connectivity index (χ4n) is 0.290. The van der Waals surface area contributed by atoms with Crippen molar-refractivity contribution in [3.8, 4) is 0 Å². The van der Waals surface area contributed by atoms with Crippen LogP contribution in [0, 0.1) is 0 Å². The van der Waals surface area contributed by atoms with E-state index in [1.807, 2.05) is 0 Å². The molecule has 0 aliphatic carbocycles. The molecule has 0 aromatic rings. The molecule has 0 aromatic carbocycles. The number of aldehydes is 1. The Morgan fingerprint density at radius 2 is 2.25 bits per heavy atom. The molecular weight excluding hydrogens is 104 g/mol. The largest absolute Gasteiger partial charge is 0.298 e. The van der Waals surface area contributed by atoms with Gasteiger partial charge in [0.15, 0.2) is 0 Å². The molecule has 0 heterocycles. The number of nitrogens with zero attached hydrogens (tertiary/aromatic N) is 2. The third-order valence-corrected chi connectivity index (χ3v) is 0.567. The van der Waals surface area contributed by atoms with E-state index in [-0.39, 0.29) is 0 Å². The quantitative estimate of drug-likeness (QED) is 0.300. The van der Waals surface area contributed by atoms with Gasteiger partial charge in [0.2, 0.25) is 0 Å². The summed E-state index contributed by atoms with van der Waals surface area (Å²) in [5.74, 6) is 0. The van der Waals surface area contributed by atoms with Gasteiger partial charge in [-0.2, -0.15) is 10.2 Å². The summed E-state index contributed by atoms with van der Waals surface area (Å²) in [6.45, 7) is 1.71. The first-order valence-corrected chi connectivity index (χ1v) is 2.23. The Hall–Kier alpha value is -0.990. The minimum absolute atomic E-state index is 0.627. The van der Waals surface area contributed by atoms with Crippen LogP contribution in [0.1, 0.15) is 6.92 Å². The average Bonchev–Trinajstić information content (AvgIpc) is 1.68. The summed E-state index contributed by atoms with van der Waals surface area (Å²) in [6, 6.07) is 0. The maximum atomic E-state index is 9.71. The molecular formula is C5H8N2O. The predicted octanol–water partition coefficient (Wildman–Crippen LogP) is 1.17. The molecule has 0 amide bonds. The summed E-state index contributed by atoms with van der Waals surface area (Å²) in [5.41, 5.74) is 0.627. The summed E-state index contributed by atoms with van der Waals surface area (Å²) < 4.78 is 0. The number of carbonyl (C=O) groups is 1. The Kier molecular flexibility index (Phi) is 3.66. The molecule has 0 aliphatic heterocycles. The van der Waals surface area contributed by atoms with Gasteiger partial charge >= 0.3 is 0 Å². The maximum Gasteiger partial charge on any atom is 0.144 e. The maximum absolute atomic E-state index is 9.71. The summed E-state index contributed by atoms with van der Waals surface area (Å²) in [5, 5.41) is 7.02. The van der Waals surface area contributed by atoms with Gasteiger partial charge in [0.1, 0.15) is 6.29 Å². The highest BCUT2D eigenvalue weighted by atomic mass is 16.1. The molecule has 8 heavy (non-hydrogen) atoms. The van der Waals surface area contributed by atoms with Gasteiger partial charge in [-0.25, -0.2) is 0 Å². The van der Waals surface area contributed by atoms with Crippen molar-refractivity contribution < 1.29 is 4.79 Å². The molecule has 3 nitrogen and oxygen atoms in total. The SMILES string of the molecule is CN=N/C(C)=C/C=O. The molecule has 0 saturated carbocycles. The van der Waals surface area contributed by atoms with Gasteiger partial charge in [-0.3, -0.25) is 4.79 Å². The van der Waals surface area contributed by atoms with Crippen molar-refractivity contribution in [2.75, 3.05) is 7.05 Å². The van der Waals surface area contributed by atoms with Crippen molar-refractivity contribution in [2.45, 2.75) is 6.92 Å². The number of azo groups is 1. The van der Waals surface area contributed by atoms with Crippen molar-refractivity contribution >= 4 is 6.29 Å². The second-order valence-electron chi connectivity index (χ2n) is 1.24. The average molecular weight is 112 g/mol. The van der Waals surface area contributed by atoms with E-state index in [2.05, 4.69) is 10.2 Å².